The number of carbonyl (C=O) groups excluding carboxylic acids is 1. The number of nitrogens with one attached hydrogen (secondary N) is 1. The van der Waals surface area contributed by atoms with Crippen molar-refractivity contribution in [2.45, 2.75) is 39.5 Å². The van der Waals surface area contributed by atoms with Gasteiger partial charge in [-0.05, 0) is 44.7 Å². The maximum absolute atomic E-state index is 11.4. The van der Waals surface area contributed by atoms with E-state index in [1.54, 1.807) is 0 Å². The molecule has 0 aliphatic carbocycles. The van der Waals surface area contributed by atoms with Gasteiger partial charge < -0.3 is 10.1 Å². The highest BCUT2D eigenvalue weighted by atomic mass is 16.5. The second-order valence-corrected chi connectivity index (χ2v) is 4.09. The number of hydrogen-bond donors (Lipinski definition) is 1. The van der Waals surface area contributed by atoms with E-state index in [9.17, 15) is 4.79 Å². The summed E-state index contributed by atoms with van der Waals surface area (Å²) in [7, 11) is 0. The zero-order valence-corrected chi connectivity index (χ0v) is 9.27. The molecule has 1 rings (SSSR count). The topological polar surface area (TPSA) is 38.3 Å². The summed E-state index contributed by atoms with van der Waals surface area (Å²) in [5.41, 5.74) is 0.206. The fraction of sp³-hybridized carbons (Fsp3) is 0.909. The predicted molar refractivity (Wildman–Crippen MR) is 56.1 cm³/mol. The molecule has 3 nitrogen and oxygen atoms in total. The second-order valence-electron chi connectivity index (χ2n) is 4.09. The van der Waals surface area contributed by atoms with Gasteiger partial charge in [0.2, 0.25) is 0 Å². The molecule has 0 unspecified atom stereocenters. The number of rotatable bonds is 4. The van der Waals surface area contributed by atoms with Crippen LogP contribution in [0.5, 0.6) is 0 Å². The quantitative estimate of drug-likeness (QED) is 0.701. The Balaban J connectivity index is 2.47. The van der Waals surface area contributed by atoms with Crippen molar-refractivity contribution >= 4 is 5.97 Å². The molecule has 14 heavy (non-hydrogen) atoms. The number of hydrogen-bond acceptors (Lipinski definition) is 3. The maximum atomic E-state index is 11.4. The Labute approximate surface area is 86.2 Å². The normalized spacial score (nSPS) is 20.4. The van der Waals surface area contributed by atoms with Crippen LogP contribution >= 0.6 is 0 Å². The van der Waals surface area contributed by atoms with Crippen LogP contribution in [0.25, 0.3) is 0 Å². The van der Waals surface area contributed by atoms with E-state index in [1.165, 1.54) is 0 Å². The first kappa shape index (κ1) is 11.5. The van der Waals surface area contributed by atoms with E-state index >= 15 is 0 Å². The molecule has 1 N–H and O–H groups in total. The van der Waals surface area contributed by atoms with Gasteiger partial charge in [0, 0.05) is 0 Å². The number of ether oxygens (including phenoxy) is 1. The summed E-state index contributed by atoms with van der Waals surface area (Å²) in [5, 5.41) is 3.33. The Bertz CT molecular complexity index is 186. The predicted octanol–water partition coefficient (Wildman–Crippen LogP) is 1.72. The minimum atomic E-state index is -0.0312. The molecule has 0 aromatic carbocycles. The molecule has 3 heteroatoms. The number of carbonyl (C=O) groups is 1. The maximum Gasteiger partial charge on any atom is 0.306 e. The molecule has 0 aromatic heterocycles. The lowest BCUT2D eigenvalue weighted by Crippen LogP contribution is -2.38. The van der Waals surface area contributed by atoms with Gasteiger partial charge in [-0.15, -0.1) is 0 Å². The Kier molecular flexibility index (Phi) is 4.39. The average molecular weight is 199 g/mol. The van der Waals surface area contributed by atoms with Crippen LogP contribution in [0, 0.1) is 5.41 Å². The third-order valence-corrected chi connectivity index (χ3v) is 3.24. The van der Waals surface area contributed by atoms with E-state index in [4.69, 9.17) is 4.74 Å². The summed E-state index contributed by atoms with van der Waals surface area (Å²) in [5.74, 6) is -0.0312. The third kappa shape index (κ3) is 2.98. The number of piperidine rings is 1. The molecule has 82 valence electrons. The van der Waals surface area contributed by atoms with Gasteiger partial charge in [-0.2, -0.15) is 0 Å². The van der Waals surface area contributed by atoms with Crippen LogP contribution in [-0.4, -0.2) is 25.7 Å². The molecule has 0 amide bonds. The first-order chi connectivity index (χ1) is 6.72. The van der Waals surface area contributed by atoms with Crippen LogP contribution in [-0.2, 0) is 9.53 Å². The van der Waals surface area contributed by atoms with Crippen LogP contribution in [0.1, 0.15) is 39.5 Å². The largest absolute Gasteiger partial charge is 0.466 e. The Morgan fingerprint density at radius 2 is 2.00 bits per heavy atom. The van der Waals surface area contributed by atoms with Gasteiger partial charge in [0.15, 0.2) is 0 Å². The van der Waals surface area contributed by atoms with Crippen molar-refractivity contribution in [3.63, 3.8) is 0 Å². The molecule has 1 heterocycles. The molecule has 1 fully saturated rings. The molecule has 0 aromatic rings. The van der Waals surface area contributed by atoms with Crippen LogP contribution in [0.15, 0.2) is 0 Å². The molecule has 0 atom stereocenters. The molecule has 0 radical (unpaired) electrons. The van der Waals surface area contributed by atoms with Crippen molar-refractivity contribution in [2.75, 3.05) is 19.7 Å². The zero-order chi connectivity index (χ0) is 10.4. The summed E-state index contributed by atoms with van der Waals surface area (Å²) in [6.07, 6.45) is 3.87. The Hall–Kier alpha value is -0.570. The first-order valence-corrected chi connectivity index (χ1v) is 5.59. The van der Waals surface area contributed by atoms with E-state index in [1.807, 2.05) is 6.92 Å². The van der Waals surface area contributed by atoms with E-state index in [0.717, 1.165) is 32.4 Å². The van der Waals surface area contributed by atoms with E-state index in [2.05, 4.69) is 12.2 Å². The summed E-state index contributed by atoms with van der Waals surface area (Å²) in [6, 6.07) is 0. The molecule has 0 saturated carbocycles. The van der Waals surface area contributed by atoms with Crippen LogP contribution < -0.4 is 5.32 Å². The molecular weight excluding hydrogens is 178 g/mol. The van der Waals surface area contributed by atoms with E-state index < -0.39 is 0 Å². The summed E-state index contributed by atoms with van der Waals surface area (Å²) >= 11 is 0. The third-order valence-electron chi connectivity index (χ3n) is 3.24. The Morgan fingerprint density at radius 1 is 1.36 bits per heavy atom. The fourth-order valence-corrected chi connectivity index (χ4v) is 2.13. The molecule has 1 saturated heterocycles. The fourth-order valence-electron chi connectivity index (χ4n) is 2.13. The highest BCUT2D eigenvalue weighted by molar-refractivity contribution is 5.70. The van der Waals surface area contributed by atoms with E-state index in [0.29, 0.717) is 13.0 Å². The summed E-state index contributed by atoms with van der Waals surface area (Å²) in [4.78, 5) is 11.4. The van der Waals surface area contributed by atoms with Gasteiger partial charge in [-0.25, -0.2) is 0 Å². The van der Waals surface area contributed by atoms with Gasteiger partial charge in [-0.3, -0.25) is 4.79 Å². The van der Waals surface area contributed by atoms with Crippen LogP contribution in [0.3, 0.4) is 0 Å². The van der Waals surface area contributed by atoms with Crippen molar-refractivity contribution in [2.24, 2.45) is 5.41 Å². The lowest BCUT2D eigenvalue weighted by atomic mass is 9.74. The zero-order valence-electron chi connectivity index (χ0n) is 9.27. The molecular formula is C11H21NO2. The monoisotopic (exact) mass is 199 g/mol. The van der Waals surface area contributed by atoms with Crippen LogP contribution in [0.2, 0.25) is 0 Å². The van der Waals surface area contributed by atoms with E-state index in [-0.39, 0.29) is 11.4 Å². The highest BCUT2D eigenvalue weighted by Crippen LogP contribution is 2.36. The average Bonchev–Trinajstić information content (AvgIpc) is 2.19. The lowest BCUT2D eigenvalue weighted by Gasteiger charge is -2.35. The van der Waals surface area contributed by atoms with Gasteiger partial charge in [0.25, 0.3) is 0 Å². The summed E-state index contributed by atoms with van der Waals surface area (Å²) < 4.78 is 5.01. The molecule has 0 spiro atoms. The van der Waals surface area contributed by atoms with Crippen molar-refractivity contribution in [1.82, 2.24) is 5.32 Å². The van der Waals surface area contributed by atoms with Gasteiger partial charge in [0.05, 0.1) is 13.0 Å². The molecule has 1 aliphatic rings. The minimum absolute atomic E-state index is 0.0312. The van der Waals surface area contributed by atoms with Gasteiger partial charge in [0.1, 0.15) is 0 Å². The first-order valence-electron chi connectivity index (χ1n) is 5.59. The molecule has 0 bridgehead atoms. The van der Waals surface area contributed by atoms with Crippen molar-refractivity contribution in [1.29, 1.82) is 0 Å². The number of esters is 1. The van der Waals surface area contributed by atoms with Gasteiger partial charge >= 0.3 is 5.97 Å². The standard InChI is InChI=1S/C11H21NO2/c1-3-11(5-7-12-8-6-11)9-10(13)14-4-2/h12H,3-9H2,1-2H3. The van der Waals surface area contributed by atoms with Crippen LogP contribution in [0.4, 0.5) is 0 Å². The smallest absolute Gasteiger partial charge is 0.306 e. The van der Waals surface area contributed by atoms with Crippen molar-refractivity contribution in [3.8, 4) is 0 Å². The Morgan fingerprint density at radius 3 is 2.50 bits per heavy atom. The SMILES string of the molecule is CCOC(=O)CC1(CC)CCNCC1. The minimum Gasteiger partial charge on any atom is -0.466 e. The second kappa shape index (κ2) is 5.35. The van der Waals surface area contributed by atoms with Gasteiger partial charge in [-0.1, -0.05) is 6.92 Å². The summed E-state index contributed by atoms with van der Waals surface area (Å²) in [6.45, 7) is 6.60. The molecule has 1 aliphatic heterocycles. The highest BCUT2D eigenvalue weighted by Gasteiger charge is 2.32. The van der Waals surface area contributed by atoms with Crippen molar-refractivity contribution < 1.29 is 9.53 Å². The lowest BCUT2D eigenvalue weighted by molar-refractivity contribution is -0.146. The van der Waals surface area contributed by atoms with Crippen molar-refractivity contribution in [3.05, 3.63) is 0 Å².